The predicted molar refractivity (Wildman–Crippen MR) is 117 cm³/mol. The van der Waals surface area contributed by atoms with Crippen molar-refractivity contribution in [2.45, 2.75) is 0 Å². The molecule has 1 fully saturated rings. The normalized spacial score (nSPS) is 14.8. The summed E-state index contributed by atoms with van der Waals surface area (Å²) in [5, 5.41) is 9.86. The molecule has 0 aliphatic carbocycles. The highest BCUT2D eigenvalue weighted by Gasteiger charge is 2.25. The number of ketones is 1. The van der Waals surface area contributed by atoms with E-state index in [0.717, 1.165) is 0 Å². The minimum absolute atomic E-state index is 0.0129. The lowest BCUT2D eigenvalue weighted by molar-refractivity contribution is 0.0625. The molecule has 1 aromatic carbocycles. The second kappa shape index (κ2) is 8.76. The Morgan fingerprint density at radius 1 is 1.17 bits per heavy atom. The van der Waals surface area contributed by atoms with Crippen LogP contribution in [0.4, 0.5) is 5.69 Å². The van der Waals surface area contributed by atoms with E-state index in [2.05, 4.69) is 14.6 Å². The third-order valence-electron chi connectivity index (χ3n) is 5.21. The number of piperazine rings is 1. The van der Waals surface area contributed by atoms with E-state index in [1.807, 2.05) is 34.0 Å². The van der Waals surface area contributed by atoms with E-state index in [1.165, 1.54) is 18.0 Å². The van der Waals surface area contributed by atoms with Gasteiger partial charge in [0.1, 0.15) is 11.4 Å². The number of rotatable bonds is 6. The fraction of sp³-hybridized carbons (Fsp3) is 0.286. The number of hydrogen-bond acceptors (Lipinski definition) is 7. The fourth-order valence-corrected chi connectivity index (χ4v) is 3.97. The summed E-state index contributed by atoms with van der Waals surface area (Å²) in [6, 6.07) is 8.46. The molecular formula is C21H23N5O3S. The lowest BCUT2D eigenvalue weighted by Gasteiger charge is -2.34. The molecule has 4 rings (SSSR count). The van der Waals surface area contributed by atoms with Gasteiger partial charge in [-0.1, -0.05) is 11.9 Å². The Labute approximate surface area is 178 Å². The second-order valence-corrected chi connectivity index (χ2v) is 7.72. The van der Waals surface area contributed by atoms with Gasteiger partial charge in [0.05, 0.1) is 17.8 Å². The number of carbonyl (C=O) groups excluding carboxylic acids is 2. The maximum absolute atomic E-state index is 12.9. The summed E-state index contributed by atoms with van der Waals surface area (Å²) in [7, 11) is 0. The highest BCUT2D eigenvalue weighted by molar-refractivity contribution is 7.99. The van der Waals surface area contributed by atoms with Crippen molar-refractivity contribution in [3.8, 4) is 5.75 Å². The van der Waals surface area contributed by atoms with Crippen LogP contribution in [0.2, 0.25) is 0 Å². The highest BCUT2D eigenvalue weighted by atomic mass is 32.2. The Bertz CT molecular complexity index is 1080. The molecule has 30 heavy (non-hydrogen) atoms. The molecule has 8 nitrogen and oxygen atoms in total. The Balaban J connectivity index is 1.37. The van der Waals surface area contributed by atoms with E-state index in [-0.39, 0.29) is 24.0 Å². The number of phenolic OH excluding ortho intramolecular Hbond substituents is 1. The first-order valence-electron chi connectivity index (χ1n) is 9.65. The number of anilines is 1. The van der Waals surface area contributed by atoms with Crippen LogP contribution in [-0.2, 0) is 0 Å². The summed E-state index contributed by atoms with van der Waals surface area (Å²) in [4.78, 5) is 33.8. The van der Waals surface area contributed by atoms with Crippen LogP contribution in [0.3, 0.4) is 0 Å². The molecule has 0 bridgehead atoms. The molecule has 3 aromatic rings. The summed E-state index contributed by atoms with van der Waals surface area (Å²) in [5.74, 6) is 0.0608. The quantitative estimate of drug-likeness (QED) is 0.356. The van der Waals surface area contributed by atoms with E-state index in [4.69, 9.17) is 0 Å². The molecule has 0 radical (unpaired) electrons. The predicted octanol–water partition coefficient (Wildman–Crippen LogP) is 2.37. The minimum atomic E-state index is -0.0379. The first-order chi connectivity index (χ1) is 14.6. The Kier molecular flexibility index (Phi) is 5.91. The van der Waals surface area contributed by atoms with Crippen LogP contribution < -0.4 is 4.72 Å². The van der Waals surface area contributed by atoms with Gasteiger partial charge >= 0.3 is 0 Å². The van der Waals surface area contributed by atoms with Crippen LogP contribution in [-0.4, -0.2) is 75.0 Å². The van der Waals surface area contributed by atoms with Crippen molar-refractivity contribution in [3.63, 3.8) is 0 Å². The summed E-state index contributed by atoms with van der Waals surface area (Å²) in [5.41, 5.74) is 2.32. The molecule has 1 saturated heterocycles. The number of aromatic hydroxyl groups is 1. The van der Waals surface area contributed by atoms with Crippen LogP contribution >= 0.6 is 11.9 Å². The molecule has 0 spiro atoms. The molecule has 1 aliphatic heterocycles. The van der Waals surface area contributed by atoms with E-state index >= 15 is 0 Å². The van der Waals surface area contributed by atoms with Gasteiger partial charge in [0.25, 0.3) is 5.91 Å². The maximum atomic E-state index is 12.9. The molecule has 156 valence electrons. The van der Waals surface area contributed by atoms with Crippen molar-refractivity contribution in [1.29, 1.82) is 0 Å². The van der Waals surface area contributed by atoms with Gasteiger partial charge in [0.15, 0.2) is 5.78 Å². The molecule has 0 unspecified atom stereocenters. The fourth-order valence-electron chi connectivity index (χ4n) is 3.59. The number of hydrogen-bond donors (Lipinski definition) is 2. The SMILES string of the molecule is CSNc1cc(C(=O)CN2CCN(C(=O)c3cccn4ccnc34)CC2)ccc1O. The van der Waals surface area contributed by atoms with Crippen LogP contribution in [0.15, 0.2) is 48.9 Å². The second-order valence-electron chi connectivity index (χ2n) is 7.11. The largest absolute Gasteiger partial charge is 0.506 e. The van der Waals surface area contributed by atoms with Gasteiger partial charge in [0, 0.05) is 56.6 Å². The van der Waals surface area contributed by atoms with Crippen molar-refractivity contribution in [2.24, 2.45) is 0 Å². The zero-order chi connectivity index (χ0) is 21.1. The van der Waals surface area contributed by atoms with Crippen LogP contribution in [0, 0.1) is 0 Å². The third kappa shape index (κ3) is 4.12. The van der Waals surface area contributed by atoms with Crippen LogP contribution in [0.5, 0.6) is 5.75 Å². The molecule has 3 heterocycles. The van der Waals surface area contributed by atoms with Crippen molar-refractivity contribution in [1.82, 2.24) is 19.2 Å². The van der Waals surface area contributed by atoms with Gasteiger partial charge in [-0.3, -0.25) is 14.5 Å². The van der Waals surface area contributed by atoms with Gasteiger partial charge in [-0.15, -0.1) is 0 Å². The van der Waals surface area contributed by atoms with Gasteiger partial charge in [-0.2, -0.15) is 0 Å². The summed E-state index contributed by atoms with van der Waals surface area (Å²) >= 11 is 1.35. The smallest absolute Gasteiger partial charge is 0.257 e. The maximum Gasteiger partial charge on any atom is 0.257 e. The number of aromatic nitrogens is 2. The number of phenols is 1. The number of imidazole rings is 1. The van der Waals surface area contributed by atoms with Crippen LogP contribution in [0.25, 0.3) is 5.65 Å². The topological polar surface area (TPSA) is 90.2 Å². The monoisotopic (exact) mass is 425 g/mol. The summed E-state index contributed by atoms with van der Waals surface area (Å²) in [6.45, 7) is 2.65. The Morgan fingerprint density at radius 3 is 2.73 bits per heavy atom. The first-order valence-corrected chi connectivity index (χ1v) is 10.9. The van der Waals surface area contributed by atoms with E-state index in [0.29, 0.717) is 48.6 Å². The first kappa shape index (κ1) is 20.2. The number of pyridine rings is 1. The van der Waals surface area contributed by atoms with E-state index in [1.54, 1.807) is 24.4 Å². The number of benzene rings is 1. The van der Waals surface area contributed by atoms with Gasteiger partial charge < -0.3 is 19.1 Å². The Hall–Kier alpha value is -3.04. The lowest BCUT2D eigenvalue weighted by Crippen LogP contribution is -2.50. The summed E-state index contributed by atoms with van der Waals surface area (Å²) in [6.07, 6.45) is 7.21. The van der Waals surface area contributed by atoms with Crippen LogP contribution in [0.1, 0.15) is 20.7 Å². The van der Waals surface area contributed by atoms with Crippen molar-refractivity contribution < 1.29 is 14.7 Å². The van der Waals surface area contributed by atoms with Gasteiger partial charge in [-0.25, -0.2) is 4.98 Å². The number of fused-ring (bicyclic) bond motifs is 1. The number of carbonyl (C=O) groups is 2. The molecule has 2 aromatic heterocycles. The van der Waals surface area contributed by atoms with Crippen molar-refractivity contribution >= 4 is 35.0 Å². The molecule has 9 heteroatoms. The number of nitrogens with one attached hydrogen (secondary N) is 1. The Morgan fingerprint density at radius 2 is 1.97 bits per heavy atom. The van der Waals surface area contributed by atoms with E-state index in [9.17, 15) is 14.7 Å². The molecule has 0 saturated carbocycles. The molecule has 1 amide bonds. The lowest BCUT2D eigenvalue weighted by atomic mass is 10.1. The number of nitrogens with zero attached hydrogens (tertiary/aromatic N) is 4. The highest BCUT2D eigenvalue weighted by Crippen LogP contribution is 2.26. The van der Waals surface area contributed by atoms with Crippen molar-refractivity contribution in [2.75, 3.05) is 43.7 Å². The average Bonchev–Trinajstić information content (AvgIpc) is 3.24. The van der Waals surface area contributed by atoms with E-state index < -0.39 is 0 Å². The van der Waals surface area contributed by atoms with Gasteiger partial charge in [-0.05, 0) is 30.3 Å². The zero-order valence-electron chi connectivity index (χ0n) is 16.6. The van der Waals surface area contributed by atoms with Crippen molar-refractivity contribution in [3.05, 3.63) is 60.0 Å². The third-order valence-corrected chi connectivity index (χ3v) is 5.63. The minimum Gasteiger partial charge on any atom is -0.506 e. The number of Topliss-reactive ketones (excluding diaryl/α,β-unsaturated/α-hetero) is 1. The average molecular weight is 426 g/mol. The summed E-state index contributed by atoms with van der Waals surface area (Å²) < 4.78 is 4.80. The molecular weight excluding hydrogens is 402 g/mol. The molecule has 0 atom stereocenters. The number of amides is 1. The molecule has 2 N–H and O–H groups in total. The zero-order valence-corrected chi connectivity index (χ0v) is 17.4. The molecule has 1 aliphatic rings. The standard InChI is InChI=1S/C21H23N5O3S/c1-30-23-17-13-15(4-5-18(17)27)19(28)14-24-9-11-26(12-10-24)21(29)16-3-2-7-25-8-6-22-20(16)25/h2-8,13,23,27H,9-12,14H2,1H3. The van der Waals surface area contributed by atoms with Gasteiger partial charge in [0.2, 0.25) is 0 Å².